The highest BCUT2D eigenvalue weighted by Crippen LogP contribution is 2.21. The van der Waals surface area contributed by atoms with E-state index in [0.717, 1.165) is 7.11 Å². The van der Waals surface area contributed by atoms with Crippen LogP contribution in [0.4, 0.5) is 5.82 Å². The fourth-order valence-corrected chi connectivity index (χ4v) is 2.51. The van der Waals surface area contributed by atoms with Gasteiger partial charge in [-0.2, -0.15) is 5.10 Å². The van der Waals surface area contributed by atoms with Gasteiger partial charge in [0.1, 0.15) is 0 Å². The van der Waals surface area contributed by atoms with Crippen LogP contribution in [0.5, 0.6) is 0 Å². The van der Waals surface area contributed by atoms with E-state index < -0.39 is 21.2 Å². The third-order valence-electron chi connectivity index (χ3n) is 2.71. The van der Waals surface area contributed by atoms with Crippen LogP contribution in [0.3, 0.4) is 0 Å². The number of hydrogen-bond acceptors (Lipinski definition) is 5. The van der Waals surface area contributed by atoms with Gasteiger partial charge in [-0.25, -0.2) is 8.42 Å². The number of hydrogen-bond donors (Lipinski definition) is 2. The molecule has 19 heavy (non-hydrogen) atoms. The highest BCUT2D eigenvalue weighted by Gasteiger charge is 2.29. The first-order valence-corrected chi connectivity index (χ1v) is 7.03. The van der Waals surface area contributed by atoms with Crippen molar-refractivity contribution >= 4 is 32.7 Å². The second-order valence-corrected chi connectivity index (χ2v) is 5.93. The van der Waals surface area contributed by atoms with Crippen LogP contribution >= 0.6 is 0 Å². The minimum Gasteiger partial charge on any atom is -0.468 e. The van der Waals surface area contributed by atoms with Gasteiger partial charge in [-0.05, 0) is 19.1 Å². The van der Waals surface area contributed by atoms with Crippen molar-refractivity contribution in [2.24, 2.45) is 0 Å². The van der Waals surface area contributed by atoms with Crippen molar-refractivity contribution < 1.29 is 17.9 Å². The molecule has 2 N–H and O–H groups in total. The molecule has 0 aliphatic carbocycles. The lowest BCUT2D eigenvalue weighted by molar-refractivity contribution is -0.139. The van der Waals surface area contributed by atoms with Crippen LogP contribution in [0.1, 0.15) is 6.92 Å². The number of sulfonamides is 1. The molecule has 1 heterocycles. The molecule has 0 aliphatic heterocycles. The highest BCUT2D eigenvalue weighted by atomic mass is 32.2. The molecule has 0 fully saturated rings. The lowest BCUT2D eigenvalue weighted by Gasteiger charge is -2.11. The summed E-state index contributed by atoms with van der Waals surface area (Å²) in [5.74, 6) is -0.668. The zero-order chi connectivity index (χ0) is 14.0. The summed E-state index contributed by atoms with van der Waals surface area (Å²) in [6.45, 7) is 1.25. The zero-order valence-corrected chi connectivity index (χ0v) is 11.2. The number of aromatic nitrogens is 2. The van der Waals surface area contributed by atoms with Crippen molar-refractivity contribution in [1.29, 1.82) is 0 Å². The fraction of sp³-hybridized carbons (Fsp3) is 0.273. The number of esters is 1. The first-order valence-electron chi connectivity index (χ1n) is 5.48. The van der Waals surface area contributed by atoms with Crippen molar-refractivity contribution in [3.8, 4) is 0 Å². The predicted molar refractivity (Wildman–Crippen MR) is 70.1 cm³/mol. The summed E-state index contributed by atoms with van der Waals surface area (Å²) in [5.41, 5.74) is 0.700. The van der Waals surface area contributed by atoms with Gasteiger partial charge in [0.05, 0.1) is 12.6 Å². The normalized spacial score (nSPS) is 13.2. The van der Waals surface area contributed by atoms with Crippen LogP contribution in [0, 0.1) is 0 Å². The van der Waals surface area contributed by atoms with Gasteiger partial charge in [-0.1, -0.05) is 12.1 Å². The van der Waals surface area contributed by atoms with Gasteiger partial charge < -0.3 is 4.74 Å². The van der Waals surface area contributed by atoms with E-state index in [4.69, 9.17) is 0 Å². The Balaban J connectivity index is 2.33. The summed E-state index contributed by atoms with van der Waals surface area (Å²) in [6.07, 6.45) is 0. The molecule has 2 aromatic rings. The third kappa shape index (κ3) is 2.53. The second-order valence-electron chi connectivity index (χ2n) is 3.93. The molecule has 2 rings (SSSR count). The molecule has 1 aromatic heterocycles. The number of para-hydroxylation sites is 1. The van der Waals surface area contributed by atoms with E-state index in [2.05, 4.69) is 19.7 Å². The number of anilines is 1. The molecular weight excluding hydrogens is 270 g/mol. The van der Waals surface area contributed by atoms with E-state index in [1.807, 2.05) is 0 Å². The van der Waals surface area contributed by atoms with E-state index in [0.29, 0.717) is 10.9 Å². The van der Waals surface area contributed by atoms with Crippen molar-refractivity contribution in [3.05, 3.63) is 24.3 Å². The zero-order valence-electron chi connectivity index (χ0n) is 10.4. The van der Waals surface area contributed by atoms with Crippen molar-refractivity contribution in [2.45, 2.75) is 12.2 Å². The molecule has 1 atom stereocenters. The molecule has 1 aromatic carbocycles. The molecule has 1 unspecified atom stereocenters. The van der Waals surface area contributed by atoms with E-state index in [1.54, 1.807) is 24.3 Å². The van der Waals surface area contributed by atoms with E-state index >= 15 is 0 Å². The molecule has 0 bridgehead atoms. The maximum Gasteiger partial charge on any atom is 0.325 e. The van der Waals surface area contributed by atoms with Crippen LogP contribution in [-0.4, -0.2) is 36.9 Å². The van der Waals surface area contributed by atoms with Crippen molar-refractivity contribution in [3.63, 3.8) is 0 Å². The van der Waals surface area contributed by atoms with Gasteiger partial charge >= 0.3 is 5.97 Å². The largest absolute Gasteiger partial charge is 0.468 e. The lowest BCUT2D eigenvalue weighted by Crippen LogP contribution is -2.33. The Hall–Kier alpha value is -2.09. The van der Waals surface area contributed by atoms with E-state index in [-0.39, 0.29) is 5.82 Å². The average Bonchev–Trinajstić information content (AvgIpc) is 2.80. The van der Waals surface area contributed by atoms with Crippen LogP contribution in [0.25, 0.3) is 10.9 Å². The molecular formula is C11H13N3O4S. The van der Waals surface area contributed by atoms with Gasteiger partial charge in [0.25, 0.3) is 0 Å². The molecule has 0 saturated heterocycles. The van der Waals surface area contributed by atoms with Gasteiger partial charge in [0.15, 0.2) is 11.1 Å². The van der Waals surface area contributed by atoms with E-state index in [9.17, 15) is 13.2 Å². The quantitative estimate of drug-likeness (QED) is 0.811. The smallest absolute Gasteiger partial charge is 0.325 e. The maximum absolute atomic E-state index is 12.0. The molecule has 7 nitrogen and oxygen atoms in total. The topological polar surface area (TPSA) is 101 Å². The number of ether oxygens (including phenoxy) is 1. The second kappa shape index (κ2) is 4.88. The fourth-order valence-electron chi connectivity index (χ4n) is 1.56. The summed E-state index contributed by atoms with van der Waals surface area (Å²) < 4.78 is 30.7. The number of carbonyl (C=O) groups excluding carboxylic acids is 1. The number of aromatic amines is 1. The Labute approximate surface area is 110 Å². The number of H-pyrrole nitrogens is 1. The molecule has 0 spiro atoms. The number of benzene rings is 1. The number of rotatable bonds is 4. The molecule has 8 heteroatoms. The average molecular weight is 283 g/mol. The minimum absolute atomic E-state index is 0.159. The standard InChI is InChI=1S/C11H13N3O4S/c1-7(11(15)18-2)19(16,17)14-10-8-5-3-4-6-9(8)12-13-10/h3-7H,1-2H3,(H2,12,13,14). The Kier molecular flexibility index (Phi) is 3.43. The monoisotopic (exact) mass is 283 g/mol. The maximum atomic E-state index is 12.0. The van der Waals surface area contributed by atoms with E-state index in [1.165, 1.54) is 6.92 Å². The number of nitrogens with zero attached hydrogens (tertiary/aromatic N) is 1. The summed E-state index contributed by atoms with van der Waals surface area (Å²) in [5, 5.41) is 5.90. The predicted octanol–water partition coefficient (Wildman–Crippen LogP) is 0.866. The Morgan fingerprint density at radius 1 is 1.42 bits per heavy atom. The number of nitrogens with one attached hydrogen (secondary N) is 2. The van der Waals surface area contributed by atoms with Gasteiger partial charge in [0, 0.05) is 5.39 Å². The Bertz CT molecular complexity index is 708. The lowest BCUT2D eigenvalue weighted by atomic mass is 10.2. The van der Waals surface area contributed by atoms with Crippen molar-refractivity contribution in [1.82, 2.24) is 10.2 Å². The van der Waals surface area contributed by atoms with Crippen LogP contribution in [0.15, 0.2) is 24.3 Å². The van der Waals surface area contributed by atoms with Crippen molar-refractivity contribution in [2.75, 3.05) is 11.8 Å². The highest BCUT2D eigenvalue weighted by molar-refractivity contribution is 7.94. The molecule has 102 valence electrons. The summed E-state index contributed by atoms with van der Waals surface area (Å²) >= 11 is 0. The first-order chi connectivity index (χ1) is 8.95. The molecule has 0 radical (unpaired) electrons. The number of methoxy groups -OCH3 is 1. The number of fused-ring (bicyclic) bond motifs is 1. The van der Waals surface area contributed by atoms with Crippen LogP contribution < -0.4 is 4.72 Å². The molecule has 0 saturated carbocycles. The third-order valence-corrected chi connectivity index (χ3v) is 4.31. The van der Waals surface area contributed by atoms with Gasteiger partial charge in [-0.15, -0.1) is 0 Å². The SMILES string of the molecule is COC(=O)C(C)S(=O)(=O)Nc1n[nH]c2ccccc12. The summed E-state index contributed by atoms with van der Waals surface area (Å²) in [7, 11) is -2.76. The van der Waals surface area contributed by atoms with Gasteiger partial charge in [0.2, 0.25) is 10.0 Å². The Morgan fingerprint density at radius 3 is 2.79 bits per heavy atom. The number of carbonyl (C=O) groups is 1. The van der Waals surface area contributed by atoms with Gasteiger partial charge in [-0.3, -0.25) is 14.6 Å². The molecule has 0 aliphatic rings. The minimum atomic E-state index is -3.89. The first kappa shape index (κ1) is 13.3. The molecule has 0 amide bonds. The van der Waals surface area contributed by atoms with Crippen LogP contribution in [-0.2, 0) is 19.6 Å². The van der Waals surface area contributed by atoms with Crippen LogP contribution in [0.2, 0.25) is 0 Å². The Morgan fingerprint density at radius 2 is 2.11 bits per heavy atom. The summed E-state index contributed by atoms with van der Waals surface area (Å²) in [4.78, 5) is 11.3. The summed E-state index contributed by atoms with van der Waals surface area (Å²) in [6, 6.07) is 7.05.